The van der Waals surface area contributed by atoms with Crippen molar-refractivity contribution in [1.29, 1.82) is 0 Å². The van der Waals surface area contributed by atoms with Crippen molar-refractivity contribution < 1.29 is 218 Å². The number of ether oxygens (including phenoxy) is 15. The Balaban J connectivity index is 1.05. The van der Waals surface area contributed by atoms with Gasteiger partial charge in [-0.3, -0.25) is 19.2 Å². The molecule has 8 aliphatic rings. The van der Waals surface area contributed by atoms with Gasteiger partial charge < -0.3 is 215 Å². The molecule has 0 aromatic heterocycles. The van der Waals surface area contributed by atoms with E-state index in [0.29, 0.717) is 0 Å². The molecular weight excluding hydrogens is 1470 g/mol. The predicted octanol–water partition coefficient (Wildman–Crippen LogP) is -18.7. The number of hydrogen-bond acceptors (Lipinski definition) is 43. The Hall–Kier alpha value is -4.17. The number of aliphatic hydroxyl groups is 23. The maximum atomic E-state index is 13.2. The summed E-state index contributed by atoms with van der Waals surface area (Å²) in [7, 11) is 0. The highest BCUT2D eigenvalue weighted by atomic mass is 16.8. The molecule has 0 unspecified atom stereocenters. The van der Waals surface area contributed by atoms with E-state index in [1.165, 1.54) is 0 Å². The lowest BCUT2D eigenvalue weighted by Crippen LogP contribution is -2.71. The van der Waals surface area contributed by atoms with E-state index < -0.39 is 340 Å². The van der Waals surface area contributed by atoms with E-state index in [-0.39, 0.29) is 0 Å². The third kappa shape index (κ3) is 19.6. The van der Waals surface area contributed by atoms with Gasteiger partial charge in [0.15, 0.2) is 44.0 Å². The molecule has 28 N–H and O–H groups in total. The van der Waals surface area contributed by atoms with Crippen LogP contribution in [0.25, 0.3) is 0 Å². The van der Waals surface area contributed by atoms with Crippen LogP contribution >= 0.6 is 0 Å². The minimum absolute atomic E-state index is 0.764. The van der Waals surface area contributed by atoms with Crippen molar-refractivity contribution in [2.45, 2.75) is 285 Å². The largest absolute Gasteiger partial charge is 0.477 e. The van der Waals surface area contributed by atoms with Crippen molar-refractivity contribution >= 4 is 29.6 Å². The van der Waals surface area contributed by atoms with Crippen LogP contribution in [0.5, 0.6) is 0 Å². The Morgan fingerprint density at radius 1 is 0.383 bits per heavy atom. The number of rotatable bonds is 29. The van der Waals surface area contributed by atoms with Gasteiger partial charge in [-0.1, -0.05) is 0 Å². The fraction of sp³-hybridized carbons (Fsp3) is 0.915. The third-order valence-electron chi connectivity index (χ3n) is 19.2. The summed E-state index contributed by atoms with van der Waals surface area (Å²) in [6, 6.07) is -7.18. The number of carbonyl (C=O) groups excluding carboxylic acids is 4. The number of nitrogens with one attached hydrogen (secondary N) is 4. The average molecular weight is 1570 g/mol. The van der Waals surface area contributed by atoms with Gasteiger partial charge >= 0.3 is 5.97 Å². The van der Waals surface area contributed by atoms with E-state index >= 15 is 0 Å². The molecule has 0 saturated carbocycles. The molecular formula is C59H98N4O44. The van der Waals surface area contributed by atoms with Gasteiger partial charge in [-0.05, 0) is 0 Å². The van der Waals surface area contributed by atoms with Crippen LogP contribution in [0.4, 0.5) is 0 Å². The third-order valence-corrected chi connectivity index (χ3v) is 19.2. The van der Waals surface area contributed by atoms with Crippen molar-refractivity contribution in [3.63, 3.8) is 0 Å². The van der Waals surface area contributed by atoms with Gasteiger partial charge in [0, 0.05) is 34.1 Å². The molecule has 0 radical (unpaired) electrons. The highest BCUT2D eigenvalue weighted by Crippen LogP contribution is 2.41. The zero-order valence-corrected chi connectivity index (χ0v) is 57.4. The minimum Gasteiger partial charge on any atom is -0.477 e. The normalized spacial score (nSPS) is 46.9. The van der Waals surface area contributed by atoms with Gasteiger partial charge in [0.25, 0.3) is 5.79 Å². The Bertz CT molecular complexity index is 2870. The van der Waals surface area contributed by atoms with Crippen LogP contribution in [-0.2, 0) is 95.0 Å². The SMILES string of the molecule is CC(=O)N[C@@H]1[C@@H](O)[C@H](O[C@@H]2O[C@H](CO)[C@@H](O[C@@H]3O[C@H](CO[C@H]4O[C@H](CO)[C@@H](O)[C@H](O)[C@@H]4O)[C@@H](O)[C@H](O[C@H]4O[C@H](CO)[C@@H](O[C@@H]5O[C@H](CO)[C@@H](O)[C@H](O[C@@H]6O[C@H](CO)[C@H](O)[C@H](O[C@]7(C(=O)O)C[C@H](O)[C@@H](NC(C)=O)[C@H]([C@H](O)[C@H](O)CO)O7)[C@H]6O)[C@H]5NC(C)=O)[C@H](O)[C@@H]4O)[C@@H]3O)[C@H](O)[C@H]2NC(C)=O)[C@@H](CO)O[C@H]1O. The number of carboxylic acids is 1. The van der Waals surface area contributed by atoms with Crippen LogP contribution in [0.15, 0.2) is 0 Å². The van der Waals surface area contributed by atoms with Crippen LogP contribution in [0.1, 0.15) is 34.1 Å². The second kappa shape index (κ2) is 38.1. The molecule has 48 nitrogen and oxygen atoms in total. The first-order valence-corrected chi connectivity index (χ1v) is 33.7. The quantitative estimate of drug-likeness (QED) is 0.0331. The molecule has 8 saturated heterocycles. The zero-order valence-electron chi connectivity index (χ0n) is 57.4. The molecule has 8 heterocycles. The molecule has 4 amide bonds. The average Bonchev–Trinajstić information content (AvgIpc) is 0.758. The lowest BCUT2D eigenvalue weighted by molar-refractivity contribution is -0.394. The molecule has 8 aliphatic heterocycles. The number of carboxylic acid groups (broad SMARTS) is 1. The van der Waals surface area contributed by atoms with E-state index in [9.17, 15) is 147 Å². The summed E-state index contributed by atoms with van der Waals surface area (Å²) >= 11 is 0. The van der Waals surface area contributed by atoms with Gasteiger partial charge in [0.1, 0.15) is 189 Å². The van der Waals surface area contributed by atoms with Crippen molar-refractivity contribution in [1.82, 2.24) is 21.3 Å². The molecule has 8 fully saturated rings. The summed E-state index contributed by atoms with van der Waals surface area (Å²) in [6.45, 7) is -5.03. The zero-order chi connectivity index (χ0) is 79.3. The van der Waals surface area contributed by atoms with E-state index in [2.05, 4.69) is 21.3 Å². The summed E-state index contributed by atoms with van der Waals surface area (Å²) in [6.07, 6.45) is -77.4. The van der Waals surface area contributed by atoms with E-state index in [1.807, 2.05) is 0 Å². The van der Waals surface area contributed by atoms with Gasteiger partial charge in [-0.25, -0.2) is 4.79 Å². The summed E-state index contributed by atoms with van der Waals surface area (Å²) in [5.74, 6) is -8.95. The maximum Gasteiger partial charge on any atom is 0.364 e. The first-order valence-electron chi connectivity index (χ1n) is 33.7. The smallest absolute Gasteiger partial charge is 0.364 e. The van der Waals surface area contributed by atoms with Gasteiger partial charge in [-0.2, -0.15) is 0 Å². The van der Waals surface area contributed by atoms with Crippen LogP contribution in [-0.4, -0.2) is 456 Å². The summed E-state index contributed by atoms with van der Waals surface area (Å²) in [5, 5.41) is 274. The first-order chi connectivity index (χ1) is 50.4. The van der Waals surface area contributed by atoms with Crippen molar-refractivity contribution in [2.75, 3.05) is 52.9 Å². The molecule has 107 heavy (non-hydrogen) atoms. The second-order valence-corrected chi connectivity index (χ2v) is 26.8. The molecule has 8 rings (SSSR count). The van der Waals surface area contributed by atoms with Crippen LogP contribution in [0, 0.1) is 0 Å². The number of aliphatic hydroxyl groups excluding tert-OH is 23. The fourth-order valence-electron chi connectivity index (χ4n) is 13.7. The van der Waals surface area contributed by atoms with Crippen molar-refractivity contribution in [2.24, 2.45) is 0 Å². The topological polar surface area (TPSA) is 757 Å². The van der Waals surface area contributed by atoms with Crippen molar-refractivity contribution in [3.8, 4) is 0 Å². The Labute approximate surface area is 605 Å². The lowest BCUT2D eigenvalue weighted by Gasteiger charge is -2.51. The molecule has 0 spiro atoms. The van der Waals surface area contributed by atoms with Gasteiger partial charge in [0.05, 0.1) is 65.0 Å². The highest BCUT2D eigenvalue weighted by molar-refractivity contribution is 5.77. The predicted molar refractivity (Wildman–Crippen MR) is 328 cm³/mol. The number of amides is 4. The summed E-state index contributed by atoms with van der Waals surface area (Å²) in [5.41, 5.74) is 0. The number of hydrogen-bond donors (Lipinski definition) is 28. The monoisotopic (exact) mass is 1570 g/mol. The van der Waals surface area contributed by atoms with Crippen LogP contribution in [0.3, 0.4) is 0 Å². The Kier molecular flexibility index (Phi) is 31.5. The molecule has 0 bridgehead atoms. The standard InChI is InChI=1S/C59H98N4O44/c1-14(71)60-27-18(75)5-59(58(91)92,106-48(27)31(77)19(76)6-64)107-50-34(80)22(9-67)97-57(43(50)89)104-47-30(63-17(4)74)53(95-21(8-66)33(47)79)102-46-25(12-70)99-55(41(87)39(46)85)105-49-35(81)26(13-93-54-40(86)38(84)32(78)20(7-65)96-54)100-56(42(49)88)103-45-24(11-69)98-52(29(37(45)83)62-16(3)73)101-44-23(10-68)94-51(90)28(36(44)82)61-15(2)72/h18-57,64-70,75-90H,5-13H2,1-4H3,(H,60,71)(H,61,72)(H,62,73)(H,63,74)(H,91,92)/t18-,19+,20+,21+,22+,23+,24+,25+,26+,27+,28+,29+,30+,31+,32+,33+,34-,35+,36+,37+,38-,39+,40-,41-,42-,43+,44+,45+,46+,47+,48+,49-,50-,51+,52-,53-,54-,55+,56-,57-,59-/m0/s1. The van der Waals surface area contributed by atoms with Gasteiger partial charge in [-0.15, -0.1) is 0 Å². The Morgan fingerprint density at radius 2 is 0.757 bits per heavy atom. The lowest BCUT2D eigenvalue weighted by atomic mass is 9.88. The highest BCUT2D eigenvalue weighted by Gasteiger charge is 2.63. The second-order valence-electron chi connectivity index (χ2n) is 26.8. The number of aliphatic carboxylic acids is 1. The molecule has 0 aromatic carbocycles. The molecule has 48 heteroatoms. The summed E-state index contributed by atoms with van der Waals surface area (Å²) < 4.78 is 87.2. The van der Waals surface area contributed by atoms with E-state index in [1.54, 1.807) is 0 Å². The molecule has 618 valence electrons. The molecule has 0 aliphatic carbocycles. The first kappa shape index (κ1) is 88.4. The number of carbonyl (C=O) groups is 5. The maximum absolute atomic E-state index is 13.2. The Morgan fingerprint density at radius 3 is 1.29 bits per heavy atom. The minimum atomic E-state index is -3.28. The van der Waals surface area contributed by atoms with Gasteiger partial charge in [0.2, 0.25) is 23.6 Å². The van der Waals surface area contributed by atoms with E-state index in [4.69, 9.17) is 71.1 Å². The van der Waals surface area contributed by atoms with Crippen molar-refractivity contribution in [3.05, 3.63) is 0 Å². The molecule has 41 atom stereocenters. The fourth-order valence-corrected chi connectivity index (χ4v) is 13.7. The van der Waals surface area contributed by atoms with Crippen LogP contribution in [0.2, 0.25) is 0 Å². The molecule has 0 aromatic rings. The van der Waals surface area contributed by atoms with Crippen LogP contribution < -0.4 is 21.3 Å². The van der Waals surface area contributed by atoms with E-state index in [0.717, 1.165) is 27.7 Å². The summed E-state index contributed by atoms with van der Waals surface area (Å²) in [4.78, 5) is 63.3.